The van der Waals surface area contributed by atoms with E-state index in [0.717, 1.165) is 28.5 Å². The van der Waals surface area contributed by atoms with Gasteiger partial charge in [-0.2, -0.15) is 10.2 Å². The normalized spacial score (nSPS) is 10.6. The predicted octanol–water partition coefficient (Wildman–Crippen LogP) is 4.95. The van der Waals surface area contributed by atoms with Gasteiger partial charge in [-0.15, -0.1) is 0 Å². The van der Waals surface area contributed by atoms with Crippen LogP contribution in [0.3, 0.4) is 0 Å². The van der Waals surface area contributed by atoms with Gasteiger partial charge in [0.15, 0.2) is 0 Å². The molecule has 112 valence electrons. The molecule has 0 N–H and O–H groups in total. The van der Waals surface area contributed by atoms with E-state index < -0.39 is 5.97 Å². The van der Waals surface area contributed by atoms with E-state index in [1.54, 1.807) is 0 Å². The summed E-state index contributed by atoms with van der Waals surface area (Å²) in [7, 11) is 0. The molecule has 0 unspecified atom stereocenters. The lowest BCUT2D eigenvalue weighted by Gasteiger charge is -2.11. The van der Waals surface area contributed by atoms with Crippen molar-refractivity contribution in [3.63, 3.8) is 0 Å². The molecule has 0 aromatic heterocycles. The Labute approximate surface area is 130 Å². The molecule has 0 fully saturated rings. The van der Waals surface area contributed by atoms with Crippen molar-refractivity contribution < 1.29 is 9.53 Å². The van der Waals surface area contributed by atoms with Crippen LogP contribution in [0, 0.1) is 13.8 Å². The summed E-state index contributed by atoms with van der Waals surface area (Å²) < 4.78 is 5.15. The molecule has 4 nitrogen and oxygen atoms in total. The maximum Gasteiger partial charge on any atom is 0.330 e. The van der Waals surface area contributed by atoms with Crippen LogP contribution in [0.15, 0.2) is 65.3 Å². The fourth-order valence-electron chi connectivity index (χ4n) is 1.94. The molecular formula is C18H18N2O2. The van der Waals surface area contributed by atoms with Gasteiger partial charge in [0.05, 0.1) is 11.4 Å². The van der Waals surface area contributed by atoms with Crippen LogP contribution in [-0.2, 0) is 16.1 Å². The van der Waals surface area contributed by atoms with Crippen LogP contribution in [0.5, 0.6) is 0 Å². The quantitative estimate of drug-likeness (QED) is 0.445. The van der Waals surface area contributed by atoms with Crippen molar-refractivity contribution in [1.82, 2.24) is 0 Å². The van der Waals surface area contributed by atoms with Gasteiger partial charge in [-0.05, 0) is 43.2 Å². The number of benzene rings is 2. The lowest BCUT2D eigenvalue weighted by atomic mass is 10.0. The first-order valence-corrected chi connectivity index (χ1v) is 6.97. The van der Waals surface area contributed by atoms with E-state index in [2.05, 4.69) is 16.8 Å². The maximum absolute atomic E-state index is 11.3. The van der Waals surface area contributed by atoms with Crippen LogP contribution in [0.2, 0.25) is 0 Å². The van der Waals surface area contributed by atoms with Crippen molar-refractivity contribution in [2.75, 3.05) is 0 Å². The molecule has 0 amide bonds. The molecule has 2 rings (SSSR count). The van der Waals surface area contributed by atoms with Gasteiger partial charge in [0.1, 0.15) is 6.61 Å². The molecule has 4 heteroatoms. The summed E-state index contributed by atoms with van der Waals surface area (Å²) in [4.78, 5) is 11.3. The summed E-state index contributed by atoms with van der Waals surface area (Å²) in [5, 5.41) is 8.51. The largest absolute Gasteiger partial charge is 0.458 e. The predicted molar refractivity (Wildman–Crippen MR) is 86.5 cm³/mol. The van der Waals surface area contributed by atoms with Gasteiger partial charge in [-0.25, -0.2) is 4.79 Å². The van der Waals surface area contributed by atoms with Crippen LogP contribution in [0.25, 0.3) is 0 Å². The lowest BCUT2D eigenvalue weighted by Crippen LogP contribution is -2.02. The Balaban J connectivity index is 2.30. The third kappa shape index (κ3) is 3.88. The number of rotatable bonds is 5. The highest BCUT2D eigenvalue weighted by Crippen LogP contribution is 2.28. The zero-order valence-corrected chi connectivity index (χ0v) is 12.7. The van der Waals surface area contributed by atoms with Crippen molar-refractivity contribution in [3.8, 4) is 0 Å². The summed E-state index contributed by atoms with van der Waals surface area (Å²) in [6, 6.07) is 13.3. The summed E-state index contributed by atoms with van der Waals surface area (Å²) in [6.45, 7) is 7.54. The highest BCUT2D eigenvalue weighted by molar-refractivity contribution is 5.81. The van der Waals surface area contributed by atoms with E-state index in [1.807, 2.05) is 56.3 Å². The summed E-state index contributed by atoms with van der Waals surface area (Å²) in [5.74, 6) is -0.452. The number of carbonyl (C=O) groups excluding carboxylic acids is 1. The van der Waals surface area contributed by atoms with Gasteiger partial charge in [-0.3, -0.25) is 0 Å². The molecule has 0 aliphatic rings. The fraction of sp³-hybridized carbons (Fsp3) is 0.167. The molecule has 0 heterocycles. The first-order chi connectivity index (χ1) is 10.6. The fourth-order valence-corrected chi connectivity index (χ4v) is 1.94. The molecule has 2 aromatic rings. The van der Waals surface area contributed by atoms with E-state index >= 15 is 0 Å². The molecule has 0 aliphatic heterocycles. The molecule has 22 heavy (non-hydrogen) atoms. The number of aryl methyl sites for hydroxylation is 1. The van der Waals surface area contributed by atoms with Crippen molar-refractivity contribution in [2.45, 2.75) is 20.5 Å². The topological polar surface area (TPSA) is 51.0 Å². The monoisotopic (exact) mass is 294 g/mol. The van der Waals surface area contributed by atoms with Crippen molar-refractivity contribution in [1.29, 1.82) is 0 Å². The van der Waals surface area contributed by atoms with E-state index in [0.29, 0.717) is 5.69 Å². The minimum Gasteiger partial charge on any atom is -0.458 e. The van der Waals surface area contributed by atoms with Crippen molar-refractivity contribution in [3.05, 3.63) is 71.8 Å². The highest BCUT2D eigenvalue weighted by atomic mass is 16.5. The molecule has 0 atom stereocenters. The second-order valence-electron chi connectivity index (χ2n) is 4.85. The van der Waals surface area contributed by atoms with E-state index in [1.165, 1.54) is 0 Å². The van der Waals surface area contributed by atoms with Crippen LogP contribution < -0.4 is 0 Å². The second-order valence-corrected chi connectivity index (χ2v) is 4.85. The number of carbonyl (C=O) groups is 1. The molecule has 0 radical (unpaired) electrons. The SMILES string of the molecule is C=CC(=O)OCc1c(N=Nc2ccccc2)ccc(C)c1C. The number of ether oxygens (including phenoxy) is 1. The molecular weight excluding hydrogens is 276 g/mol. The van der Waals surface area contributed by atoms with Gasteiger partial charge < -0.3 is 4.74 Å². The summed E-state index contributed by atoms with van der Waals surface area (Å²) in [6.07, 6.45) is 1.15. The number of azo groups is 1. The minimum absolute atomic E-state index is 0.154. The molecule has 0 bridgehead atoms. The average molecular weight is 294 g/mol. The average Bonchev–Trinajstić information content (AvgIpc) is 2.55. The number of esters is 1. The second kappa shape index (κ2) is 7.31. The van der Waals surface area contributed by atoms with Crippen LogP contribution in [0.4, 0.5) is 11.4 Å². The first-order valence-electron chi connectivity index (χ1n) is 6.97. The zero-order chi connectivity index (χ0) is 15.9. The van der Waals surface area contributed by atoms with Gasteiger partial charge in [0.25, 0.3) is 0 Å². The van der Waals surface area contributed by atoms with Crippen molar-refractivity contribution in [2.24, 2.45) is 10.2 Å². The molecule has 0 spiro atoms. The smallest absolute Gasteiger partial charge is 0.330 e. The third-order valence-corrected chi connectivity index (χ3v) is 3.40. The van der Waals surface area contributed by atoms with E-state index in [4.69, 9.17) is 4.74 Å². The molecule has 0 saturated heterocycles. The Kier molecular flexibility index (Phi) is 5.20. The van der Waals surface area contributed by atoms with Crippen LogP contribution >= 0.6 is 0 Å². The molecule has 0 saturated carbocycles. The van der Waals surface area contributed by atoms with Gasteiger partial charge in [0, 0.05) is 11.6 Å². The Hall–Kier alpha value is -2.75. The minimum atomic E-state index is -0.452. The molecule has 2 aromatic carbocycles. The molecule has 0 aliphatic carbocycles. The Morgan fingerprint density at radius 3 is 2.55 bits per heavy atom. The number of hydrogen-bond acceptors (Lipinski definition) is 4. The highest BCUT2D eigenvalue weighted by Gasteiger charge is 2.10. The zero-order valence-electron chi connectivity index (χ0n) is 12.7. The lowest BCUT2D eigenvalue weighted by molar-refractivity contribution is -0.138. The standard InChI is InChI=1S/C18H18N2O2/c1-4-18(21)22-12-16-14(3)13(2)10-11-17(16)20-19-15-8-6-5-7-9-15/h4-11H,1,12H2,2-3H3. The number of hydrogen-bond donors (Lipinski definition) is 0. The summed E-state index contributed by atoms with van der Waals surface area (Å²) in [5.41, 5.74) is 4.48. The van der Waals surface area contributed by atoms with E-state index in [9.17, 15) is 4.79 Å². The van der Waals surface area contributed by atoms with E-state index in [-0.39, 0.29) is 6.61 Å². The van der Waals surface area contributed by atoms with Gasteiger partial charge in [0.2, 0.25) is 0 Å². The third-order valence-electron chi connectivity index (χ3n) is 3.40. The maximum atomic E-state index is 11.3. The number of nitrogens with zero attached hydrogens (tertiary/aromatic N) is 2. The Morgan fingerprint density at radius 1 is 1.14 bits per heavy atom. The first kappa shape index (κ1) is 15.6. The Morgan fingerprint density at radius 2 is 1.86 bits per heavy atom. The Bertz CT molecular complexity index is 707. The van der Waals surface area contributed by atoms with Gasteiger partial charge in [-0.1, -0.05) is 30.8 Å². The van der Waals surface area contributed by atoms with Crippen LogP contribution in [-0.4, -0.2) is 5.97 Å². The van der Waals surface area contributed by atoms with Crippen molar-refractivity contribution >= 4 is 17.3 Å². The van der Waals surface area contributed by atoms with Gasteiger partial charge >= 0.3 is 5.97 Å². The summed E-state index contributed by atoms with van der Waals surface area (Å²) >= 11 is 0. The van der Waals surface area contributed by atoms with Crippen LogP contribution in [0.1, 0.15) is 16.7 Å².